The number of halogens is 2. The minimum atomic E-state index is -3.79. The summed E-state index contributed by atoms with van der Waals surface area (Å²) < 4.78 is 40.9. The van der Waals surface area contributed by atoms with Crippen molar-refractivity contribution in [2.45, 2.75) is 24.8 Å². The second-order valence-electron chi connectivity index (χ2n) is 7.65. The Morgan fingerprint density at radius 1 is 1.30 bits per heavy atom. The van der Waals surface area contributed by atoms with Crippen molar-refractivity contribution in [2.24, 2.45) is 5.41 Å². The van der Waals surface area contributed by atoms with Crippen LogP contribution in [0.3, 0.4) is 0 Å². The fourth-order valence-electron chi connectivity index (χ4n) is 4.15. The molecule has 0 radical (unpaired) electrons. The van der Waals surface area contributed by atoms with Gasteiger partial charge in [-0.05, 0) is 30.9 Å². The number of sulfonamides is 1. The first-order chi connectivity index (χ1) is 14.1. The second-order valence-corrected chi connectivity index (χ2v) is 9.80. The fourth-order valence-corrected chi connectivity index (χ4v) is 4.82. The van der Waals surface area contributed by atoms with E-state index in [1.54, 1.807) is 36.4 Å². The number of aromatic nitrogens is 2. The zero-order chi connectivity index (χ0) is 21.7. The third-order valence-corrected chi connectivity index (χ3v) is 6.60. The van der Waals surface area contributed by atoms with Crippen molar-refractivity contribution >= 4 is 33.1 Å². The summed E-state index contributed by atoms with van der Waals surface area (Å²) in [5.41, 5.74) is -1.90. The van der Waals surface area contributed by atoms with Gasteiger partial charge in [-0.15, -0.1) is 0 Å². The minimum absolute atomic E-state index is 0.0500. The van der Waals surface area contributed by atoms with Crippen molar-refractivity contribution in [2.75, 3.05) is 6.26 Å². The summed E-state index contributed by atoms with van der Waals surface area (Å²) in [7, 11) is -3.79. The molecule has 1 aromatic carbocycles. The van der Waals surface area contributed by atoms with Gasteiger partial charge in [0.15, 0.2) is 0 Å². The number of rotatable bonds is 5. The van der Waals surface area contributed by atoms with Crippen LogP contribution in [0.1, 0.15) is 24.8 Å². The van der Waals surface area contributed by atoms with Crippen LogP contribution in [0.15, 0.2) is 53.5 Å². The number of carbonyl (C=O) groups excluding carboxylic acids is 1. The van der Waals surface area contributed by atoms with Crippen LogP contribution in [0.5, 0.6) is 0 Å². The SMILES string of the molecule is CS(=O)(=O)NC(=O)C1(C2(n3[nH]cc(Cl)c3=O)C=CC(c3ccccc3F)=CC2)CC1. The summed E-state index contributed by atoms with van der Waals surface area (Å²) in [6.45, 7) is 0. The molecule has 1 unspecified atom stereocenters. The van der Waals surface area contributed by atoms with Crippen LogP contribution in [-0.2, 0) is 20.4 Å². The van der Waals surface area contributed by atoms with Gasteiger partial charge in [0.2, 0.25) is 15.9 Å². The topological polar surface area (TPSA) is 101 Å². The molecule has 30 heavy (non-hydrogen) atoms. The average Bonchev–Trinajstić information content (AvgIpc) is 3.44. The van der Waals surface area contributed by atoms with E-state index in [4.69, 9.17) is 11.6 Å². The highest BCUT2D eigenvalue weighted by Crippen LogP contribution is 2.60. The number of nitrogens with zero attached hydrogens (tertiary/aromatic N) is 1. The first-order valence-corrected chi connectivity index (χ1v) is 11.5. The lowest BCUT2D eigenvalue weighted by molar-refractivity contribution is -0.128. The van der Waals surface area contributed by atoms with Crippen LogP contribution < -0.4 is 10.3 Å². The van der Waals surface area contributed by atoms with E-state index >= 15 is 0 Å². The molecule has 7 nitrogen and oxygen atoms in total. The van der Waals surface area contributed by atoms with Crippen LogP contribution >= 0.6 is 11.6 Å². The predicted molar refractivity (Wildman–Crippen MR) is 111 cm³/mol. The molecule has 1 amide bonds. The van der Waals surface area contributed by atoms with Crippen LogP contribution in [-0.4, -0.2) is 30.4 Å². The molecule has 0 bridgehead atoms. The Kier molecular flexibility index (Phi) is 4.78. The molecule has 1 saturated carbocycles. The van der Waals surface area contributed by atoms with Gasteiger partial charge < -0.3 is 5.10 Å². The highest BCUT2D eigenvalue weighted by Gasteiger charge is 2.65. The Morgan fingerprint density at radius 2 is 2.00 bits per heavy atom. The molecule has 0 saturated heterocycles. The molecular formula is C20H19ClFN3O4S. The molecule has 10 heteroatoms. The maximum atomic E-state index is 14.2. The van der Waals surface area contributed by atoms with Crippen molar-refractivity contribution in [1.82, 2.24) is 14.5 Å². The van der Waals surface area contributed by atoms with Crippen molar-refractivity contribution in [3.63, 3.8) is 0 Å². The van der Waals surface area contributed by atoms with E-state index in [-0.39, 0.29) is 11.4 Å². The van der Waals surface area contributed by atoms with Crippen LogP contribution in [0.2, 0.25) is 5.02 Å². The van der Waals surface area contributed by atoms with E-state index in [1.165, 1.54) is 16.9 Å². The van der Waals surface area contributed by atoms with E-state index in [2.05, 4.69) is 5.10 Å². The van der Waals surface area contributed by atoms with Crippen molar-refractivity contribution in [1.29, 1.82) is 0 Å². The summed E-state index contributed by atoms with van der Waals surface area (Å²) in [4.78, 5) is 25.7. The number of aromatic amines is 1. The van der Waals surface area contributed by atoms with E-state index in [9.17, 15) is 22.4 Å². The standard InChI is InChI=1S/C20H19ClFN3O4S/c1-30(28,29)24-18(27)19(10-11-19)20(25-17(26)15(21)12-23-25)8-6-13(7-9-20)14-4-2-3-5-16(14)22/h2-8,12,23H,9-11H2,1H3,(H,24,27). The van der Waals surface area contributed by atoms with Gasteiger partial charge in [0.1, 0.15) is 16.4 Å². The van der Waals surface area contributed by atoms with E-state index < -0.39 is 38.3 Å². The molecule has 1 heterocycles. The van der Waals surface area contributed by atoms with Gasteiger partial charge in [-0.2, -0.15) is 0 Å². The van der Waals surface area contributed by atoms with Crippen molar-refractivity contribution < 1.29 is 17.6 Å². The van der Waals surface area contributed by atoms with E-state index in [1.807, 2.05) is 4.72 Å². The van der Waals surface area contributed by atoms with Gasteiger partial charge in [-0.1, -0.05) is 48.0 Å². The normalized spacial score (nSPS) is 22.4. The highest BCUT2D eigenvalue weighted by molar-refractivity contribution is 7.89. The van der Waals surface area contributed by atoms with Crippen molar-refractivity contribution in [3.05, 3.63) is 75.4 Å². The third kappa shape index (κ3) is 3.22. The Morgan fingerprint density at radius 3 is 2.50 bits per heavy atom. The first kappa shape index (κ1) is 20.6. The summed E-state index contributed by atoms with van der Waals surface area (Å²) >= 11 is 5.96. The Hall–Kier alpha value is -2.65. The summed E-state index contributed by atoms with van der Waals surface area (Å²) in [6.07, 6.45) is 8.21. The molecule has 2 aromatic rings. The van der Waals surface area contributed by atoms with Crippen LogP contribution in [0, 0.1) is 11.2 Å². The maximum Gasteiger partial charge on any atom is 0.286 e. The summed E-state index contributed by atoms with van der Waals surface area (Å²) in [5, 5.41) is 2.75. The predicted octanol–water partition coefficient (Wildman–Crippen LogP) is 2.56. The molecule has 0 spiro atoms. The molecule has 158 valence electrons. The molecule has 4 rings (SSSR count). The Labute approximate surface area is 177 Å². The number of allylic oxidation sites excluding steroid dienone is 4. The lowest BCUT2D eigenvalue weighted by atomic mass is 9.74. The van der Waals surface area contributed by atoms with Gasteiger partial charge in [0, 0.05) is 11.8 Å². The fraction of sp³-hybridized carbons (Fsp3) is 0.300. The second kappa shape index (κ2) is 6.95. The first-order valence-electron chi connectivity index (χ1n) is 9.23. The van der Waals surface area contributed by atoms with Gasteiger partial charge in [-0.25, -0.2) is 17.5 Å². The number of hydrogen-bond donors (Lipinski definition) is 2. The number of benzene rings is 1. The highest BCUT2D eigenvalue weighted by atomic mass is 35.5. The zero-order valence-electron chi connectivity index (χ0n) is 16.0. The van der Waals surface area contributed by atoms with Crippen LogP contribution in [0.4, 0.5) is 4.39 Å². The van der Waals surface area contributed by atoms with Gasteiger partial charge >= 0.3 is 0 Å². The lowest BCUT2D eigenvalue weighted by Crippen LogP contribution is -2.53. The zero-order valence-corrected chi connectivity index (χ0v) is 17.6. The Bertz CT molecular complexity index is 1260. The molecule has 1 atom stereocenters. The average molecular weight is 452 g/mol. The van der Waals surface area contributed by atoms with Crippen LogP contribution in [0.25, 0.3) is 5.57 Å². The van der Waals surface area contributed by atoms with Crippen molar-refractivity contribution in [3.8, 4) is 0 Å². The monoisotopic (exact) mass is 451 g/mol. The largest absolute Gasteiger partial charge is 0.300 e. The quantitative estimate of drug-likeness (QED) is 0.729. The van der Waals surface area contributed by atoms with Gasteiger partial charge in [-0.3, -0.25) is 14.3 Å². The molecular weight excluding hydrogens is 433 g/mol. The number of amides is 1. The number of nitrogens with one attached hydrogen (secondary N) is 2. The van der Waals surface area contributed by atoms with Gasteiger partial charge in [0.05, 0.1) is 11.7 Å². The third-order valence-electron chi connectivity index (χ3n) is 5.77. The Balaban J connectivity index is 1.82. The molecule has 0 aliphatic heterocycles. The molecule has 1 aromatic heterocycles. The maximum absolute atomic E-state index is 14.2. The smallest absolute Gasteiger partial charge is 0.286 e. The number of hydrogen-bond acceptors (Lipinski definition) is 4. The number of H-pyrrole nitrogens is 1. The number of carbonyl (C=O) groups is 1. The molecule has 2 aliphatic rings. The molecule has 2 N–H and O–H groups in total. The van der Waals surface area contributed by atoms with E-state index in [0.29, 0.717) is 24.0 Å². The lowest BCUT2D eigenvalue weighted by Gasteiger charge is -2.39. The van der Waals surface area contributed by atoms with Gasteiger partial charge in [0.25, 0.3) is 5.56 Å². The minimum Gasteiger partial charge on any atom is -0.300 e. The van der Waals surface area contributed by atoms with E-state index in [0.717, 1.165) is 6.26 Å². The molecule has 1 fully saturated rings. The summed E-state index contributed by atoms with van der Waals surface area (Å²) in [6, 6.07) is 6.29. The summed E-state index contributed by atoms with van der Waals surface area (Å²) in [5.74, 6) is -1.08. The molecule has 2 aliphatic carbocycles.